The van der Waals surface area contributed by atoms with E-state index in [4.69, 9.17) is 4.74 Å². The SMILES string of the molecule is COc1c(C)cc(C(=O)[C@H]2CCCN(Cc3cccc(C)n3)C2)cc1C. The molecule has 1 atom stereocenters. The molecule has 0 spiro atoms. The van der Waals surface area contributed by atoms with E-state index in [2.05, 4.69) is 16.0 Å². The molecule has 0 radical (unpaired) electrons. The third kappa shape index (κ3) is 4.13. The number of carbonyl (C=O) groups excluding carboxylic acids is 1. The number of likely N-dealkylation sites (tertiary alicyclic amines) is 1. The van der Waals surface area contributed by atoms with E-state index in [0.29, 0.717) is 0 Å². The zero-order chi connectivity index (χ0) is 18.7. The fourth-order valence-electron chi connectivity index (χ4n) is 3.98. The van der Waals surface area contributed by atoms with Crippen LogP contribution in [0.2, 0.25) is 0 Å². The summed E-state index contributed by atoms with van der Waals surface area (Å²) in [5.74, 6) is 1.18. The van der Waals surface area contributed by atoms with E-state index < -0.39 is 0 Å². The fourth-order valence-corrected chi connectivity index (χ4v) is 3.98. The molecular formula is C22H28N2O2. The number of hydrogen-bond donors (Lipinski definition) is 0. The van der Waals surface area contributed by atoms with Gasteiger partial charge in [-0.3, -0.25) is 14.7 Å². The number of aromatic nitrogens is 1. The maximum atomic E-state index is 13.1. The van der Waals surface area contributed by atoms with Crippen LogP contribution in [-0.4, -0.2) is 35.9 Å². The van der Waals surface area contributed by atoms with Gasteiger partial charge in [-0.2, -0.15) is 0 Å². The van der Waals surface area contributed by atoms with Crippen LogP contribution in [0.3, 0.4) is 0 Å². The van der Waals surface area contributed by atoms with Gasteiger partial charge in [0, 0.05) is 30.3 Å². The Kier molecular flexibility index (Phi) is 5.72. The smallest absolute Gasteiger partial charge is 0.167 e. The molecule has 1 aliphatic rings. The Labute approximate surface area is 156 Å². The second kappa shape index (κ2) is 8.00. The highest BCUT2D eigenvalue weighted by molar-refractivity contribution is 5.98. The zero-order valence-corrected chi connectivity index (χ0v) is 16.2. The van der Waals surface area contributed by atoms with Gasteiger partial charge in [-0.25, -0.2) is 0 Å². The number of rotatable bonds is 5. The van der Waals surface area contributed by atoms with Crippen molar-refractivity contribution < 1.29 is 9.53 Å². The van der Waals surface area contributed by atoms with Crippen molar-refractivity contribution in [3.05, 3.63) is 58.4 Å². The maximum absolute atomic E-state index is 13.1. The Morgan fingerprint density at radius 1 is 1.23 bits per heavy atom. The van der Waals surface area contributed by atoms with Gasteiger partial charge >= 0.3 is 0 Å². The summed E-state index contributed by atoms with van der Waals surface area (Å²) < 4.78 is 5.42. The largest absolute Gasteiger partial charge is 0.496 e. The first-order valence-electron chi connectivity index (χ1n) is 9.32. The number of Topliss-reactive ketones (excluding diaryl/α,β-unsaturated/α-hetero) is 1. The second-order valence-corrected chi connectivity index (χ2v) is 7.35. The molecule has 4 nitrogen and oxygen atoms in total. The van der Waals surface area contributed by atoms with Crippen molar-refractivity contribution in [2.45, 2.75) is 40.2 Å². The van der Waals surface area contributed by atoms with Crippen molar-refractivity contribution in [1.82, 2.24) is 9.88 Å². The molecule has 138 valence electrons. The van der Waals surface area contributed by atoms with Gasteiger partial charge in [-0.15, -0.1) is 0 Å². The normalized spacial score (nSPS) is 17.9. The molecule has 0 bridgehead atoms. The van der Waals surface area contributed by atoms with Crippen molar-refractivity contribution >= 4 is 5.78 Å². The highest BCUT2D eigenvalue weighted by atomic mass is 16.5. The molecule has 0 amide bonds. The number of piperidine rings is 1. The minimum Gasteiger partial charge on any atom is -0.496 e. The van der Waals surface area contributed by atoms with Crippen molar-refractivity contribution in [3.63, 3.8) is 0 Å². The second-order valence-electron chi connectivity index (χ2n) is 7.35. The van der Waals surface area contributed by atoms with E-state index in [1.54, 1.807) is 7.11 Å². The standard InChI is InChI=1S/C22H28N2O2/c1-15-11-19(12-16(2)22(15)26-4)21(25)18-8-6-10-24(13-18)14-20-9-5-7-17(3)23-20/h5,7,9,11-12,18H,6,8,10,13-14H2,1-4H3/t18-/m0/s1. The number of hydrogen-bond acceptors (Lipinski definition) is 4. The van der Waals surface area contributed by atoms with Gasteiger partial charge in [-0.05, 0) is 75.5 Å². The van der Waals surface area contributed by atoms with Gasteiger partial charge in [0.05, 0.1) is 12.8 Å². The van der Waals surface area contributed by atoms with Crippen LogP contribution >= 0.6 is 0 Å². The van der Waals surface area contributed by atoms with Crippen LogP contribution in [0.5, 0.6) is 5.75 Å². The lowest BCUT2D eigenvalue weighted by molar-refractivity contribution is 0.0810. The van der Waals surface area contributed by atoms with Gasteiger partial charge in [0.2, 0.25) is 0 Å². The summed E-state index contributed by atoms with van der Waals surface area (Å²) in [6, 6.07) is 10.1. The average Bonchev–Trinajstić information content (AvgIpc) is 2.61. The summed E-state index contributed by atoms with van der Waals surface area (Å²) in [5.41, 5.74) is 4.96. The van der Waals surface area contributed by atoms with Crippen LogP contribution in [0.25, 0.3) is 0 Å². The van der Waals surface area contributed by atoms with Crippen molar-refractivity contribution in [1.29, 1.82) is 0 Å². The maximum Gasteiger partial charge on any atom is 0.167 e. The lowest BCUT2D eigenvalue weighted by Crippen LogP contribution is -2.38. The molecule has 0 saturated carbocycles. The molecule has 2 aromatic rings. The van der Waals surface area contributed by atoms with Crippen LogP contribution in [0.4, 0.5) is 0 Å². The van der Waals surface area contributed by atoms with Crippen molar-refractivity contribution in [2.24, 2.45) is 5.92 Å². The predicted octanol–water partition coefficient (Wildman–Crippen LogP) is 4.11. The quantitative estimate of drug-likeness (QED) is 0.760. The van der Waals surface area contributed by atoms with E-state index in [1.807, 2.05) is 45.0 Å². The molecule has 26 heavy (non-hydrogen) atoms. The lowest BCUT2D eigenvalue weighted by atomic mass is 9.88. The monoisotopic (exact) mass is 352 g/mol. The fraction of sp³-hybridized carbons (Fsp3) is 0.455. The lowest BCUT2D eigenvalue weighted by Gasteiger charge is -2.32. The summed E-state index contributed by atoms with van der Waals surface area (Å²) in [6.45, 7) is 8.66. The summed E-state index contributed by atoms with van der Waals surface area (Å²) in [7, 11) is 1.68. The molecule has 1 aromatic carbocycles. The Hall–Kier alpha value is -2.20. The average molecular weight is 352 g/mol. The first kappa shape index (κ1) is 18.6. The van der Waals surface area contributed by atoms with Crippen LogP contribution in [0.1, 0.15) is 45.7 Å². The number of pyridine rings is 1. The minimum atomic E-state index is 0.0563. The van der Waals surface area contributed by atoms with Gasteiger partial charge in [0.25, 0.3) is 0 Å². The highest BCUT2D eigenvalue weighted by Crippen LogP contribution is 2.28. The van der Waals surface area contributed by atoms with Crippen LogP contribution < -0.4 is 4.74 Å². The molecule has 2 heterocycles. The minimum absolute atomic E-state index is 0.0563. The Morgan fingerprint density at radius 3 is 2.62 bits per heavy atom. The molecule has 1 saturated heterocycles. The van der Waals surface area contributed by atoms with Crippen LogP contribution in [-0.2, 0) is 6.54 Å². The molecule has 0 aliphatic carbocycles. The van der Waals surface area contributed by atoms with E-state index >= 15 is 0 Å². The molecule has 4 heteroatoms. The number of aryl methyl sites for hydroxylation is 3. The number of nitrogens with zero attached hydrogens (tertiary/aromatic N) is 2. The Morgan fingerprint density at radius 2 is 1.96 bits per heavy atom. The number of benzene rings is 1. The van der Waals surface area contributed by atoms with Crippen LogP contribution in [0, 0.1) is 26.7 Å². The van der Waals surface area contributed by atoms with Gasteiger partial charge < -0.3 is 4.74 Å². The predicted molar refractivity (Wildman–Crippen MR) is 104 cm³/mol. The molecule has 0 unspecified atom stereocenters. The molecule has 3 rings (SSSR count). The van der Waals surface area contributed by atoms with Gasteiger partial charge in [-0.1, -0.05) is 6.07 Å². The van der Waals surface area contributed by atoms with Crippen molar-refractivity contribution in [2.75, 3.05) is 20.2 Å². The molecular weight excluding hydrogens is 324 g/mol. The molecule has 1 aromatic heterocycles. The van der Waals surface area contributed by atoms with E-state index in [1.165, 1.54) is 0 Å². The van der Waals surface area contributed by atoms with Crippen LogP contribution in [0.15, 0.2) is 30.3 Å². The number of ether oxygens (including phenoxy) is 1. The zero-order valence-electron chi connectivity index (χ0n) is 16.2. The first-order chi connectivity index (χ1) is 12.5. The summed E-state index contributed by atoms with van der Waals surface area (Å²) in [5, 5.41) is 0. The van der Waals surface area contributed by atoms with Gasteiger partial charge in [0.15, 0.2) is 5.78 Å². The first-order valence-corrected chi connectivity index (χ1v) is 9.32. The summed E-state index contributed by atoms with van der Waals surface area (Å²) in [6.07, 6.45) is 2.01. The molecule has 1 aliphatic heterocycles. The third-order valence-corrected chi connectivity index (χ3v) is 5.16. The molecule has 1 fully saturated rings. The number of ketones is 1. The summed E-state index contributed by atoms with van der Waals surface area (Å²) in [4.78, 5) is 20.0. The van der Waals surface area contributed by atoms with Gasteiger partial charge in [0.1, 0.15) is 5.75 Å². The Balaban J connectivity index is 1.72. The van der Waals surface area contributed by atoms with E-state index in [-0.39, 0.29) is 11.7 Å². The number of methoxy groups -OCH3 is 1. The van der Waals surface area contributed by atoms with E-state index in [0.717, 1.165) is 66.3 Å². The van der Waals surface area contributed by atoms with Crippen molar-refractivity contribution in [3.8, 4) is 5.75 Å². The highest BCUT2D eigenvalue weighted by Gasteiger charge is 2.27. The van der Waals surface area contributed by atoms with E-state index in [9.17, 15) is 4.79 Å². The Bertz CT molecular complexity index is 777. The third-order valence-electron chi connectivity index (χ3n) is 5.16. The topological polar surface area (TPSA) is 42.4 Å². The molecule has 0 N–H and O–H groups in total. The number of carbonyl (C=O) groups is 1. The summed E-state index contributed by atoms with van der Waals surface area (Å²) >= 11 is 0.